The van der Waals surface area contributed by atoms with Crippen LogP contribution >= 0.6 is 0 Å². The minimum absolute atomic E-state index is 0.114. The topological polar surface area (TPSA) is 108 Å². The molecule has 2 aromatic rings. The summed E-state index contributed by atoms with van der Waals surface area (Å²) in [6.45, 7) is 1.37. The average Bonchev–Trinajstić information content (AvgIpc) is 2.65. The van der Waals surface area contributed by atoms with Crippen molar-refractivity contribution in [3.63, 3.8) is 0 Å². The van der Waals surface area contributed by atoms with Gasteiger partial charge in [-0.1, -0.05) is 24.3 Å². The second kappa shape index (κ2) is 9.14. The van der Waals surface area contributed by atoms with Gasteiger partial charge in [0.15, 0.2) is 6.61 Å². The first kappa shape index (κ1) is 19.6. The van der Waals surface area contributed by atoms with Gasteiger partial charge < -0.3 is 14.8 Å². The summed E-state index contributed by atoms with van der Waals surface area (Å²) in [5, 5.41) is 13.3. The maximum atomic E-state index is 12.0. The van der Waals surface area contributed by atoms with Crippen LogP contribution in [0, 0.1) is 17.0 Å². The predicted molar refractivity (Wildman–Crippen MR) is 99.5 cm³/mol. The van der Waals surface area contributed by atoms with Crippen LogP contribution in [-0.4, -0.2) is 30.5 Å². The number of anilines is 1. The lowest BCUT2D eigenvalue weighted by atomic mass is 10.1. The van der Waals surface area contributed by atoms with E-state index in [0.717, 1.165) is 17.2 Å². The molecule has 1 amide bonds. The lowest BCUT2D eigenvalue weighted by Crippen LogP contribution is -2.20. The molecule has 8 nitrogen and oxygen atoms in total. The summed E-state index contributed by atoms with van der Waals surface area (Å²) >= 11 is 0. The van der Waals surface area contributed by atoms with Gasteiger partial charge in [-0.15, -0.1) is 0 Å². The molecule has 0 unspecified atom stereocenters. The molecule has 0 radical (unpaired) electrons. The van der Waals surface area contributed by atoms with Crippen LogP contribution in [0.25, 0.3) is 6.08 Å². The molecule has 0 aliphatic heterocycles. The van der Waals surface area contributed by atoms with Crippen molar-refractivity contribution in [1.29, 1.82) is 0 Å². The van der Waals surface area contributed by atoms with Gasteiger partial charge in [-0.05, 0) is 30.2 Å². The molecule has 0 heterocycles. The van der Waals surface area contributed by atoms with E-state index in [9.17, 15) is 19.7 Å². The molecule has 27 heavy (non-hydrogen) atoms. The number of hydrogen-bond acceptors (Lipinski definition) is 6. The van der Waals surface area contributed by atoms with Crippen LogP contribution in [0.5, 0.6) is 5.75 Å². The molecule has 0 bridgehead atoms. The third-order valence-corrected chi connectivity index (χ3v) is 3.60. The molecule has 0 fully saturated rings. The quantitative estimate of drug-likeness (QED) is 0.347. The van der Waals surface area contributed by atoms with Gasteiger partial charge in [0.25, 0.3) is 11.6 Å². The summed E-state index contributed by atoms with van der Waals surface area (Å²) in [7, 11) is 1.37. The van der Waals surface area contributed by atoms with Crippen LogP contribution in [0.2, 0.25) is 0 Å². The van der Waals surface area contributed by atoms with Gasteiger partial charge in [0.2, 0.25) is 0 Å². The highest BCUT2D eigenvalue weighted by molar-refractivity contribution is 5.96. The van der Waals surface area contributed by atoms with Crippen molar-refractivity contribution < 1.29 is 24.0 Å². The number of non-ortho nitro benzene ring substituents is 1. The van der Waals surface area contributed by atoms with Crippen molar-refractivity contribution in [2.24, 2.45) is 0 Å². The molecule has 140 valence electrons. The van der Waals surface area contributed by atoms with E-state index < -0.39 is 23.4 Å². The summed E-state index contributed by atoms with van der Waals surface area (Å²) < 4.78 is 9.93. The largest absolute Gasteiger partial charge is 0.495 e. The first-order valence-electron chi connectivity index (χ1n) is 7.93. The smallest absolute Gasteiger partial charge is 0.331 e. The first-order valence-corrected chi connectivity index (χ1v) is 7.93. The number of carbonyl (C=O) groups excluding carboxylic acids is 2. The zero-order valence-electron chi connectivity index (χ0n) is 14.8. The maximum Gasteiger partial charge on any atom is 0.331 e. The maximum absolute atomic E-state index is 12.0. The average molecular weight is 370 g/mol. The molecule has 2 rings (SSSR count). The second-order valence-electron chi connectivity index (χ2n) is 5.49. The Hall–Kier alpha value is -3.68. The number of aryl methyl sites for hydroxylation is 1. The fraction of sp³-hybridized carbons (Fsp3) is 0.158. The Kier molecular flexibility index (Phi) is 6.65. The van der Waals surface area contributed by atoms with E-state index >= 15 is 0 Å². The van der Waals surface area contributed by atoms with Gasteiger partial charge in [-0.25, -0.2) is 4.79 Å². The van der Waals surface area contributed by atoms with Crippen molar-refractivity contribution >= 4 is 29.3 Å². The van der Waals surface area contributed by atoms with Gasteiger partial charge >= 0.3 is 5.97 Å². The van der Waals surface area contributed by atoms with Crippen molar-refractivity contribution in [3.05, 3.63) is 69.8 Å². The number of nitrogens with one attached hydrogen (secondary N) is 1. The molecular formula is C19H18N2O6. The zero-order chi connectivity index (χ0) is 19.8. The van der Waals surface area contributed by atoms with Crippen molar-refractivity contribution in [2.45, 2.75) is 6.92 Å². The number of nitrogens with zero attached hydrogens (tertiary/aromatic N) is 1. The number of nitro groups is 1. The molecule has 0 aliphatic carbocycles. The molecule has 0 atom stereocenters. The molecule has 0 aromatic heterocycles. The Morgan fingerprint density at radius 1 is 1.22 bits per heavy atom. The normalized spacial score (nSPS) is 10.4. The number of amides is 1. The van der Waals surface area contributed by atoms with Crippen LogP contribution in [-0.2, 0) is 14.3 Å². The van der Waals surface area contributed by atoms with Crippen molar-refractivity contribution in [1.82, 2.24) is 0 Å². The highest BCUT2D eigenvalue weighted by Gasteiger charge is 2.14. The van der Waals surface area contributed by atoms with Gasteiger partial charge in [-0.2, -0.15) is 0 Å². The van der Waals surface area contributed by atoms with E-state index in [1.807, 2.05) is 31.2 Å². The van der Waals surface area contributed by atoms with Gasteiger partial charge in [-0.3, -0.25) is 14.9 Å². The Bertz CT molecular complexity index is 892. The fourth-order valence-electron chi connectivity index (χ4n) is 2.21. The fourth-order valence-corrected chi connectivity index (χ4v) is 2.21. The molecule has 0 saturated heterocycles. The van der Waals surface area contributed by atoms with E-state index in [1.165, 1.54) is 25.3 Å². The summed E-state index contributed by atoms with van der Waals surface area (Å²) in [6.07, 6.45) is 2.82. The van der Waals surface area contributed by atoms with E-state index in [2.05, 4.69) is 5.32 Å². The first-order chi connectivity index (χ1) is 12.9. The predicted octanol–water partition coefficient (Wildman–Crippen LogP) is 3.11. The number of rotatable bonds is 7. The minimum Gasteiger partial charge on any atom is -0.495 e. The molecule has 8 heteroatoms. The molecule has 1 N–H and O–H groups in total. The van der Waals surface area contributed by atoms with E-state index in [4.69, 9.17) is 9.47 Å². The number of nitro benzene ring substituents is 1. The van der Waals surface area contributed by atoms with E-state index in [0.29, 0.717) is 0 Å². The summed E-state index contributed by atoms with van der Waals surface area (Å²) in [5.41, 5.74) is 1.77. The molecule has 0 spiro atoms. The SMILES string of the molecule is COc1ccc([N+](=O)[O-])cc1NC(=O)COC(=O)/C=C/c1ccccc1C. The lowest BCUT2D eigenvalue weighted by Gasteiger charge is -2.10. The van der Waals surface area contributed by atoms with Gasteiger partial charge in [0.05, 0.1) is 17.7 Å². The standard InChI is InChI=1S/C19H18N2O6/c1-13-5-3-4-6-14(13)7-10-19(23)27-12-18(22)20-16-11-15(21(24)25)8-9-17(16)26-2/h3-11H,12H2,1-2H3,(H,20,22)/b10-7+. The Balaban J connectivity index is 1.94. The summed E-state index contributed by atoms with van der Waals surface area (Å²) in [6, 6.07) is 11.3. The number of hydrogen-bond donors (Lipinski definition) is 1. The third kappa shape index (κ3) is 5.67. The number of ether oxygens (including phenoxy) is 2. The van der Waals surface area contributed by atoms with Crippen LogP contribution in [0.1, 0.15) is 11.1 Å². The number of benzene rings is 2. The van der Waals surface area contributed by atoms with Crippen LogP contribution in [0.3, 0.4) is 0 Å². The monoisotopic (exact) mass is 370 g/mol. The number of methoxy groups -OCH3 is 1. The van der Waals surface area contributed by atoms with Crippen LogP contribution in [0.15, 0.2) is 48.5 Å². The van der Waals surface area contributed by atoms with Crippen LogP contribution in [0.4, 0.5) is 11.4 Å². The minimum atomic E-state index is -0.681. The van der Waals surface area contributed by atoms with Crippen molar-refractivity contribution in [3.8, 4) is 5.75 Å². The van der Waals surface area contributed by atoms with E-state index in [-0.39, 0.29) is 17.1 Å². The number of carbonyl (C=O) groups is 2. The highest BCUT2D eigenvalue weighted by Crippen LogP contribution is 2.28. The van der Waals surface area contributed by atoms with Crippen LogP contribution < -0.4 is 10.1 Å². The molecular weight excluding hydrogens is 352 g/mol. The molecule has 2 aromatic carbocycles. The summed E-state index contributed by atoms with van der Waals surface area (Å²) in [4.78, 5) is 34.0. The Labute approximate surface area is 155 Å². The second-order valence-corrected chi connectivity index (χ2v) is 5.49. The number of esters is 1. The summed E-state index contributed by atoms with van der Waals surface area (Å²) in [5.74, 6) is -1.08. The van der Waals surface area contributed by atoms with Gasteiger partial charge in [0, 0.05) is 18.2 Å². The van der Waals surface area contributed by atoms with Gasteiger partial charge in [0.1, 0.15) is 5.75 Å². The molecule has 0 aliphatic rings. The van der Waals surface area contributed by atoms with Crippen molar-refractivity contribution in [2.75, 3.05) is 19.0 Å². The lowest BCUT2D eigenvalue weighted by molar-refractivity contribution is -0.384. The zero-order valence-corrected chi connectivity index (χ0v) is 14.8. The molecule has 0 saturated carbocycles. The third-order valence-electron chi connectivity index (χ3n) is 3.60. The Morgan fingerprint density at radius 2 is 1.96 bits per heavy atom. The van der Waals surface area contributed by atoms with E-state index in [1.54, 1.807) is 6.08 Å². The highest BCUT2D eigenvalue weighted by atomic mass is 16.6. The Morgan fingerprint density at radius 3 is 2.63 bits per heavy atom.